The van der Waals surface area contributed by atoms with Crippen LogP contribution in [0.1, 0.15) is 46.1 Å². The van der Waals surface area contributed by atoms with Gasteiger partial charge in [-0.05, 0) is 59.7 Å². The molecule has 0 aliphatic heterocycles. The second-order valence-corrected chi connectivity index (χ2v) is 8.89. The van der Waals surface area contributed by atoms with Crippen LogP contribution >= 0.6 is 23.6 Å². The first-order valence-electron chi connectivity index (χ1n) is 7.57. The van der Waals surface area contributed by atoms with E-state index in [-0.39, 0.29) is 22.4 Å². The molecule has 3 atom stereocenters. The Bertz CT molecular complexity index is 839. The van der Waals surface area contributed by atoms with Crippen LogP contribution in [0.15, 0.2) is 16.2 Å². The first-order valence-corrected chi connectivity index (χ1v) is 8.85. The van der Waals surface area contributed by atoms with Gasteiger partial charge in [0.25, 0.3) is 5.56 Å². The minimum Gasteiger partial charge on any atom is -0.323 e. The minimum absolute atomic E-state index is 0.0850. The summed E-state index contributed by atoms with van der Waals surface area (Å²) in [4.78, 5) is 17.1. The summed E-state index contributed by atoms with van der Waals surface area (Å²) in [5, 5.41) is 2.73. The highest BCUT2D eigenvalue weighted by molar-refractivity contribution is 7.71. The van der Waals surface area contributed by atoms with Crippen LogP contribution in [0.5, 0.6) is 0 Å². The van der Waals surface area contributed by atoms with Gasteiger partial charge in [-0.25, -0.2) is 0 Å². The van der Waals surface area contributed by atoms with E-state index < -0.39 is 0 Å². The maximum absolute atomic E-state index is 13.0. The van der Waals surface area contributed by atoms with E-state index in [0.717, 1.165) is 10.2 Å². The summed E-state index contributed by atoms with van der Waals surface area (Å²) in [6, 6.07) is 2.11. The van der Waals surface area contributed by atoms with E-state index in [1.165, 1.54) is 19.3 Å². The number of nitrogens with zero attached hydrogens (tertiary/aromatic N) is 1. The van der Waals surface area contributed by atoms with E-state index in [1.807, 2.05) is 16.0 Å². The van der Waals surface area contributed by atoms with Crippen molar-refractivity contribution < 1.29 is 0 Å². The first-order chi connectivity index (χ1) is 9.84. The fourth-order valence-corrected chi connectivity index (χ4v) is 6.24. The molecular formula is C16H20N2OS2. The molecule has 2 aliphatic rings. The number of aromatic amines is 1. The number of nitrogens with one attached hydrogen (secondary N) is 1. The Morgan fingerprint density at radius 2 is 2.19 bits per heavy atom. The number of rotatable bonds is 1. The predicted octanol–water partition coefficient (Wildman–Crippen LogP) is 4.51. The fraction of sp³-hybridized carbons (Fsp3) is 0.625. The van der Waals surface area contributed by atoms with Crippen molar-refractivity contribution in [1.29, 1.82) is 0 Å². The highest BCUT2D eigenvalue weighted by Gasteiger charge is 2.60. The van der Waals surface area contributed by atoms with Crippen LogP contribution in [-0.4, -0.2) is 9.55 Å². The van der Waals surface area contributed by atoms with Crippen molar-refractivity contribution in [2.75, 3.05) is 0 Å². The van der Waals surface area contributed by atoms with Crippen molar-refractivity contribution in [3.63, 3.8) is 0 Å². The summed E-state index contributed by atoms with van der Waals surface area (Å²) in [6.45, 7) is 6.96. The Morgan fingerprint density at radius 1 is 1.43 bits per heavy atom. The summed E-state index contributed by atoms with van der Waals surface area (Å²) in [6.07, 6.45) is 3.70. The van der Waals surface area contributed by atoms with Gasteiger partial charge in [-0.2, -0.15) is 0 Å². The molecule has 2 aromatic rings. The number of thiophene rings is 1. The lowest BCUT2D eigenvalue weighted by Crippen LogP contribution is -2.42. The maximum Gasteiger partial charge on any atom is 0.263 e. The van der Waals surface area contributed by atoms with E-state index in [9.17, 15) is 4.79 Å². The van der Waals surface area contributed by atoms with Crippen molar-refractivity contribution >= 4 is 33.8 Å². The molecule has 0 aromatic carbocycles. The Kier molecular flexibility index (Phi) is 2.66. The van der Waals surface area contributed by atoms with Crippen molar-refractivity contribution in [2.24, 2.45) is 16.7 Å². The van der Waals surface area contributed by atoms with Crippen molar-refractivity contribution in [3.8, 4) is 0 Å². The van der Waals surface area contributed by atoms with Gasteiger partial charge < -0.3 is 4.98 Å². The molecule has 2 aliphatic carbocycles. The second-order valence-electron chi connectivity index (χ2n) is 7.59. The summed E-state index contributed by atoms with van der Waals surface area (Å²) >= 11 is 7.10. The molecule has 2 aromatic heterocycles. The number of hydrogen-bond acceptors (Lipinski definition) is 3. The maximum atomic E-state index is 13.0. The number of H-pyrrole nitrogens is 1. The van der Waals surface area contributed by atoms with Gasteiger partial charge in [-0.1, -0.05) is 20.8 Å². The SMILES string of the molecule is CC12CCC(C1)C(C)(C)C2n1c(=S)[nH]c2sccc2c1=O. The van der Waals surface area contributed by atoms with E-state index in [1.54, 1.807) is 11.3 Å². The van der Waals surface area contributed by atoms with E-state index in [0.29, 0.717) is 10.7 Å². The molecule has 112 valence electrons. The number of aromatic nitrogens is 2. The molecular weight excluding hydrogens is 300 g/mol. The predicted molar refractivity (Wildman–Crippen MR) is 89.5 cm³/mol. The van der Waals surface area contributed by atoms with Gasteiger partial charge in [-0.15, -0.1) is 11.3 Å². The lowest BCUT2D eigenvalue weighted by Gasteiger charge is -2.43. The zero-order valence-electron chi connectivity index (χ0n) is 12.6. The summed E-state index contributed by atoms with van der Waals surface area (Å²) in [7, 11) is 0. The van der Waals surface area contributed by atoms with Gasteiger partial charge >= 0.3 is 0 Å². The smallest absolute Gasteiger partial charge is 0.263 e. The lowest BCUT2D eigenvalue weighted by molar-refractivity contribution is 0.0791. The first kappa shape index (κ1) is 13.7. The standard InChI is InChI=1S/C16H20N2OS2/c1-15(2)9-4-6-16(3,8-9)13(15)18-12(19)10-5-7-21-11(10)17-14(18)20/h5,7,9,13H,4,6,8H2,1-3H3,(H,17,20). The molecule has 5 heteroatoms. The summed E-state index contributed by atoms with van der Waals surface area (Å²) < 4.78 is 2.48. The third-order valence-electron chi connectivity index (χ3n) is 6.01. The Hall–Kier alpha value is -0.940. The van der Waals surface area contributed by atoms with Gasteiger partial charge in [-0.3, -0.25) is 9.36 Å². The van der Waals surface area contributed by atoms with Crippen LogP contribution < -0.4 is 5.56 Å². The van der Waals surface area contributed by atoms with Crippen LogP contribution in [0.2, 0.25) is 0 Å². The molecule has 0 spiro atoms. The molecule has 3 nitrogen and oxygen atoms in total. The zero-order chi connectivity index (χ0) is 15.0. The van der Waals surface area contributed by atoms with Crippen LogP contribution in [0.4, 0.5) is 0 Å². The number of hydrogen-bond donors (Lipinski definition) is 1. The van der Waals surface area contributed by atoms with Crippen LogP contribution in [0, 0.1) is 21.5 Å². The van der Waals surface area contributed by atoms with Gasteiger partial charge in [0, 0.05) is 0 Å². The second kappa shape index (κ2) is 4.07. The van der Waals surface area contributed by atoms with Gasteiger partial charge in [0.05, 0.1) is 11.4 Å². The fourth-order valence-electron chi connectivity index (χ4n) is 5.11. The highest BCUT2D eigenvalue weighted by atomic mass is 32.1. The molecule has 2 bridgehead atoms. The van der Waals surface area contributed by atoms with Crippen molar-refractivity contribution in [3.05, 3.63) is 26.6 Å². The van der Waals surface area contributed by atoms with Gasteiger partial charge in [0.2, 0.25) is 0 Å². The Balaban J connectivity index is 2.03. The molecule has 3 unspecified atom stereocenters. The largest absolute Gasteiger partial charge is 0.323 e. The lowest BCUT2D eigenvalue weighted by atomic mass is 9.68. The molecule has 1 N–H and O–H groups in total. The number of fused-ring (bicyclic) bond motifs is 3. The normalized spacial score (nSPS) is 33.9. The average Bonchev–Trinajstić information content (AvgIpc) is 3.04. The van der Waals surface area contributed by atoms with Crippen LogP contribution in [0.25, 0.3) is 10.2 Å². The third kappa shape index (κ3) is 1.65. The molecule has 0 radical (unpaired) electrons. The van der Waals surface area contributed by atoms with E-state index >= 15 is 0 Å². The van der Waals surface area contributed by atoms with Crippen LogP contribution in [-0.2, 0) is 0 Å². The summed E-state index contributed by atoms with van der Waals surface area (Å²) in [5.41, 5.74) is 0.409. The Morgan fingerprint density at radius 3 is 2.86 bits per heavy atom. The summed E-state index contributed by atoms with van der Waals surface area (Å²) in [5.74, 6) is 0.701. The molecule has 2 fully saturated rings. The monoisotopic (exact) mass is 320 g/mol. The van der Waals surface area contributed by atoms with Crippen molar-refractivity contribution in [2.45, 2.75) is 46.1 Å². The molecule has 2 saturated carbocycles. The highest BCUT2D eigenvalue weighted by Crippen LogP contribution is 2.67. The van der Waals surface area contributed by atoms with Gasteiger partial charge in [0.1, 0.15) is 4.83 Å². The van der Waals surface area contributed by atoms with E-state index in [4.69, 9.17) is 12.2 Å². The Labute approximate surface area is 133 Å². The van der Waals surface area contributed by atoms with Crippen LogP contribution in [0.3, 0.4) is 0 Å². The topological polar surface area (TPSA) is 37.8 Å². The zero-order valence-corrected chi connectivity index (χ0v) is 14.2. The molecule has 2 heterocycles. The molecule has 0 saturated heterocycles. The van der Waals surface area contributed by atoms with Gasteiger partial charge in [0.15, 0.2) is 4.77 Å². The minimum atomic E-state index is 0.0850. The third-order valence-corrected chi connectivity index (χ3v) is 7.13. The molecule has 0 amide bonds. The van der Waals surface area contributed by atoms with Crippen molar-refractivity contribution in [1.82, 2.24) is 9.55 Å². The average molecular weight is 320 g/mol. The molecule has 4 rings (SSSR count). The quantitative estimate of drug-likeness (QED) is 0.785. The molecule has 21 heavy (non-hydrogen) atoms. The van der Waals surface area contributed by atoms with E-state index in [2.05, 4.69) is 25.8 Å².